The summed E-state index contributed by atoms with van der Waals surface area (Å²) < 4.78 is 16.6. The maximum absolute atomic E-state index is 12.3. The van der Waals surface area contributed by atoms with Crippen molar-refractivity contribution in [2.24, 2.45) is 0 Å². The van der Waals surface area contributed by atoms with E-state index in [9.17, 15) is 35.4 Å². The van der Waals surface area contributed by atoms with Crippen molar-refractivity contribution >= 4 is 12.0 Å². The third-order valence-corrected chi connectivity index (χ3v) is 5.46. The lowest BCUT2D eigenvalue weighted by molar-refractivity contribution is -0.320. The Labute approximate surface area is 178 Å². The standard InChI is InChI=1S/C21H28O10/c22-10-16-18(27)19(28)20(21(30-16)29-15-4-2-1-3-13(15)24)31-17(26)8-6-11-5-7-12(23)14(25)9-11/h5-9,13,15-16,18-25,27-28H,1-4,10H2/b8-6+/t13-,15+,16+,18+,19-,20+,21+/m0/s1. The third kappa shape index (κ3) is 5.73. The first-order valence-electron chi connectivity index (χ1n) is 10.2. The van der Waals surface area contributed by atoms with Gasteiger partial charge in [0.2, 0.25) is 0 Å². The Morgan fingerprint density at radius 2 is 1.84 bits per heavy atom. The maximum Gasteiger partial charge on any atom is 0.331 e. The molecule has 2 fully saturated rings. The zero-order valence-electron chi connectivity index (χ0n) is 16.8. The fourth-order valence-electron chi connectivity index (χ4n) is 3.68. The van der Waals surface area contributed by atoms with Crippen molar-refractivity contribution in [1.82, 2.24) is 0 Å². The summed E-state index contributed by atoms with van der Waals surface area (Å²) in [5, 5.41) is 59.0. The van der Waals surface area contributed by atoms with Gasteiger partial charge >= 0.3 is 5.97 Å². The van der Waals surface area contributed by atoms with Gasteiger partial charge in [0, 0.05) is 6.08 Å². The molecule has 0 amide bonds. The average molecular weight is 440 g/mol. The van der Waals surface area contributed by atoms with Gasteiger partial charge in [-0.15, -0.1) is 0 Å². The Morgan fingerprint density at radius 1 is 1.10 bits per heavy atom. The predicted molar refractivity (Wildman–Crippen MR) is 106 cm³/mol. The number of aliphatic hydroxyl groups is 4. The Bertz CT molecular complexity index is 781. The highest BCUT2D eigenvalue weighted by molar-refractivity contribution is 5.87. The SMILES string of the molecule is O=C(/C=C/c1ccc(O)c(O)c1)O[C@H]1[C@H](O[C@@H]2CCCC[C@@H]2O)O[C@H](CO)[C@@H](O)[C@@H]1O. The van der Waals surface area contributed by atoms with E-state index in [1.807, 2.05) is 0 Å². The smallest absolute Gasteiger partial charge is 0.331 e. The van der Waals surface area contributed by atoms with Gasteiger partial charge in [0.05, 0.1) is 18.8 Å². The molecule has 1 aliphatic heterocycles. The topological polar surface area (TPSA) is 166 Å². The molecule has 7 atom stereocenters. The van der Waals surface area contributed by atoms with Gasteiger partial charge in [0.25, 0.3) is 0 Å². The minimum absolute atomic E-state index is 0.306. The van der Waals surface area contributed by atoms with Crippen molar-refractivity contribution in [2.75, 3.05) is 6.61 Å². The largest absolute Gasteiger partial charge is 0.504 e. The fourth-order valence-corrected chi connectivity index (χ4v) is 3.68. The van der Waals surface area contributed by atoms with Gasteiger partial charge in [0.1, 0.15) is 18.3 Å². The number of carbonyl (C=O) groups excluding carboxylic acids is 1. The monoisotopic (exact) mass is 440 g/mol. The van der Waals surface area contributed by atoms with Crippen LogP contribution >= 0.6 is 0 Å². The van der Waals surface area contributed by atoms with Crippen LogP contribution in [0.1, 0.15) is 31.2 Å². The van der Waals surface area contributed by atoms with E-state index in [4.69, 9.17) is 14.2 Å². The summed E-state index contributed by atoms with van der Waals surface area (Å²) in [6, 6.07) is 3.96. The van der Waals surface area contributed by atoms with Crippen LogP contribution in [0.2, 0.25) is 0 Å². The second-order valence-electron chi connectivity index (χ2n) is 7.72. The summed E-state index contributed by atoms with van der Waals surface area (Å²) in [4.78, 5) is 12.3. The van der Waals surface area contributed by atoms with Crippen molar-refractivity contribution in [2.45, 2.75) is 68.6 Å². The minimum atomic E-state index is -1.59. The highest BCUT2D eigenvalue weighted by Crippen LogP contribution is 2.30. The minimum Gasteiger partial charge on any atom is -0.504 e. The number of esters is 1. The van der Waals surface area contributed by atoms with Crippen LogP contribution in [0.3, 0.4) is 0 Å². The van der Waals surface area contributed by atoms with Crippen molar-refractivity contribution in [3.8, 4) is 11.5 Å². The van der Waals surface area contributed by atoms with Gasteiger partial charge < -0.3 is 44.8 Å². The first kappa shape index (κ1) is 23.5. The van der Waals surface area contributed by atoms with Gasteiger partial charge in [-0.25, -0.2) is 4.79 Å². The van der Waals surface area contributed by atoms with Crippen molar-refractivity contribution in [3.05, 3.63) is 29.8 Å². The Hall–Kier alpha value is -2.21. The second kappa shape index (κ2) is 10.4. The third-order valence-electron chi connectivity index (χ3n) is 5.46. The molecule has 1 aromatic carbocycles. The van der Waals surface area contributed by atoms with Crippen molar-refractivity contribution < 1.29 is 49.6 Å². The average Bonchev–Trinajstić information content (AvgIpc) is 2.75. The molecule has 1 aromatic rings. The van der Waals surface area contributed by atoms with Crippen LogP contribution in [0.15, 0.2) is 24.3 Å². The van der Waals surface area contributed by atoms with E-state index in [1.54, 1.807) is 0 Å². The van der Waals surface area contributed by atoms with Crippen LogP contribution in [0.4, 0.5) is 0 Å². The molecule has 1 saturated heterocycles. The molecule has 172 valence electrons. The van der Waals surface area contributed by atoms with E-state index >= 15 is 0 Å². The first-order chi connectivity index (χ1) is 14.8. The van der Waals surface area contributed by atoms with E-state index in [-0.39, 0.29) is 11.5 Å². The molecule has 1 heterocycles. The number of benzene rings is 1. The highest BCUT2D eigenvalue weighted by atomic mass is 16.7. The molecule has 0 spiro atoms. The molecule has 6 N–H and O–H groups in total. The number of phenolic OH excluding ortho intramolecular Hbond substituents is 2. The molecule has 1 saturated carbocycles. The van der Waals surface area contributed by atoms with Crippen LogP contribution in [0, 0.1) is 0 Å². The molecule has 10 heteroatoms. The molecule has 0 bridgehead atoms. The number of hydrogen-bond acceptors (Lipinski definition) is 10. The molecule has 0 radical (unpaired) electrons. The number of hydrogen-bond donors (Lipinski definition) is 6. The van der Waals surface area contributed by atoms with E-state index in [0.717, 1.165) is 18.9 Å². The lowest BCUT2D eigenvalue weighted by atomic mass is 9.94. The fraction of sp³-hybridized carbons (Fsp3) is 0.571. The van der Waals surface area contributed by atoms with Gasteiger partial charge in [-0.1, -0.05) is 18.9 Å². The van der Waals surface area contributed by atoms with Crippen LogP contribution < -0.4 is 0 Å². The van der Waals surface area contributed by atoms with E-state index in [2.05, 4.69) is 0 Å². The summed E-state index contributed by atoms with van der Waals surface area (Å²) in [5.41, 5.74) is 0.409. The molecule has 1 aliphatic carbocycles. The number of phenols is 2. The Balaban J connectivity index is 1.71. The normalized spacial score (nSPS) is 34.0. The molecule has 0 unspecified atom stereocenters. The van der Waals surface area contributed by atoms with Crippen LogP contribution in [0.5, 0.6) is 11.5 Å². The summed E-state index contributed by atoms with van der Waals surface area (Å²) in [6.45, 7) is -0.587. The van der Waals surface area contributed by atoms with Crippen LogP contribution in [-0.2, 0) is 19.0 Å². The quantitative estimate of drug-likeness (QED) is 0.198. The first-order valence-corrected chi connectivity index (χ1v) is 10.2. The molecule has 10 nitrogen and oxygen atoms in total. The lowest BCUT2D eigenvalue weighted by Crippen LogP contribution is -2.61. The molecule has 0 aromatic heterocycles. The van der Waals surface area contributed by atoms with Crippen molar-refractivity contribution in [1.29, 1.82) is 0 Å². The maximum atomic E-state index is 12.3. The van der Waals surface area contributed by atoms with Crippen LogP contribution in [-0.4, -0.2) is 86.1 Å². The molecular weight excluding hydrogens is 412 g/mol. The summed E-state index contributed by atoms with van der Waals surface area (Å²) in [7, 11) is 0. The zero-order valence-corrected chi connectivity index (χ0v) is 16.8. The van der Waals surface area contributed by atoms with Crippen LogP contribution in [0.25, 0.3) is 6.08 Å². The van der Waals surface area contributed by atoms with E-state index in [1.165, 1.54) is 24.3 Å². The molecule has 31 heavy (non-hydrogen) atoms. The van der Waals surface area contributed by atoms with E-state index < -0.39 is 55.5 Å². The van der Waals surface area contributed by atoms with E-state index in [0.29, 0.717) is 18.4 Å². The van der Waals surface area contributed by atoms with Crippen molar-refractivity contribution in [3.63, 3.8) is 0 Å². The zero-order chi connectivity index (χ0) is 22.5. The highest BCUT2D eigenvalue weighted by Gasteiger charge is 2.48. The number of rotatable bonds is 6. The number of aromatic hydroxyl groups is 2. The van der Waals surface area contributed by atoms with Gasteiger partial charge in [-0.2, -0.15) is 0 Å². The molecule has 3 rings (SSSR count). The predicted octanol–water partition coefficient (Wildman–Crippen LogP) is -0.218. The molecule has 2 aliphatic rings. The Kier molecular flexibility index (Phi) is 7.87. The summed E-state index contributed by atoms with van der Waals surface area (Å²) in [6.07, 6.45) is -3.17. The lowest BCUT2D eigenvalue weighted by Gasteiger charge is -2.43. The number of aliphatic hydroxyl groups excluding tert-OH is 4. The van der Waals surface area contributed by atoms with Gasteiger partial charge in [-0.05, 0) is 36.6 Å². The van der Waals surface area contributed by atoms with Gasteiger partial charge in [0.15, 0.2) is 23.9 Å². The second-order valence-corrected chi connectivity index (χ2v) is 7.72. The summed E-state index contributed by atoms with van der Waals surface area (Å²) in [5.74, 6) is -1.54. The molecular formula is C21H28O10. The van der Waals surface area contributed by atoms with Gasteiger partial charge in [-0.3, -0.25) is 0 Å². The summed E-state index contributed by atoms with van der Waals surface area (Å²) >= 11 is 0. The number of carbonyl (C=O) groups is 1. The Morgan fingerprint density at radius 3 is 2.52 bits per heavy atom. The number of ether oxygens (including phenoxy) is 3.